The fraction of sp³-hybridized carbons (Fsp3) is 0.500. The molecule has 1 aromatic heterocycles. The Balaban J connectivity index is 1.23. The van der Waals surface area contributed by atoms with Crippen molar-refractivity contribution >= 4 is 11.8 Å². The zero-order chi connectivity index (χ0) is 31.2. The second-order valence-corrected chi connectivity index (χ2v) is 12.3. The molecule has 2 N–H and O–H groups in total. The number of likely N-dealkylation sites (tertiary alicyclic amines) is 1. The maximum atomic E-state index is 14.7. The normalized spacial score (nSPS) is 22.1. The summed E-state index contributed by atoms with van der Waals surface area (Å²) < 4.78 is 34.7. The van der Waals surface area contributed by atoms with Crippen LogP contribution in [0.4, 0.5) is 4.39 Å². The summed E-state index contributed by atoms with van der Waals surface area (Å²) in [5.41, 5.74) is 2.65. The number of halogens is 1. The summed E-state index contributed by atoms with van der Waals surface area (Å²) in [7, 11) is 1.55. The first-order chi connectivity index (χ1) is 21.9. The quantitative estimate of drug-likeness (QED) is 0.448. The number of nitrogens with one attached hydrogen (secondary N) is 2. The number of methoxy groups -OCH3 is 1. The van der Waals surface area contributed by atoms with Gasteiger partial charge in [-0.25, -0.2) is 9.37 Å². The summed E-state index contributed by atoms with van der Waals surface area (Å²) in [6.07, 6.45) is 11.0. The number of fused-ring (bicyclic) bond motifs is 5. The van der Waals surface area contributed by atoms with Gasteiger partial charge in [-0.3, -0.25) is 14.5 Å². The molecule has 2 aliphatic heterocycles. The Labute approximate surface area is 263 Å². The molecule has 2 atom stereocenters. The highest BCUT2D eigenvalue weighted by Gasteiger charge is 2.33. The fourth-order valence-electron chi connectivity index (χ4n) is 6.69. The third kappa shape index (κ3) is 7.94. The van der Waals surface area contributed by atoms with Crippen LogP contribution in [0.3, 0.4) is 0 Å². The predicted octanol–water partition coefficient (Wildman–Crippen LogP) is 4.32. The van der Waals surface area contributed by atoms with Crippen molar-refractivity contribution < 1.29 is 28.2 Å². The van der Waals surface area contributed by atoms with E-state index in [1.54, 1.807) is 25.3 Å². The third-order valence-corrected chi connectivity index (χ3v) is 9.02. The average molecular weight is 620 g/mol. The highest BCUT2D eigenvalue weighted by atomic mass is 19.1. The van der Waals surface area contributed by atoms with Crippen molar-refractivity contribution in [2.45, 2.75) is 82.6 Å². The van der Waals surface area contributed by atoms with E-state index in [1.807, 2.05) is 18.6 Å². The van der Waals surface area contributed by atoms with Crippen molar-refractivity contribution in [3.8, 4) is 17.2 Å². The molecule has 1 aliphatic carbocycles. The number of ether oxygens (including phenoxy) is 3. The first-order valence-corrected chi connectivity index (χ1v) is 16.0. The Hall–Kier alpha value is -4.12. The van der Waals surface area contributed by atoms with Crippen molar-refractivity contribution in [2.24, 2.45) is 0 Å². The summed E-state index contributed by atoms with van der Waals surface area (Å²) in [4.78, 5) is 32.7. The Morgan fingerprint density at radius 3 is 2.73 bits per heavy atom. The van der Waals surface area contributed by atoms with Gasteiger partial charge in [0.05, 0.1) is 25.2 Å². The minimum Gasteiger partial charge on any atom is -0.493 e. The van der Waals surface area contributed by atoms with Crippen LogP contribution in [0.25, 0.3) is 0 Å². The monoisotopic (exact) mass is 619 g/mol. The molecular weight excluding hydrogens is 577 g/mol. The Morgan fingerprint density at radius 1 is 1.02 bits per heavy atom. The van der Waals surface area contributed by atoms with Gasteiger partial charge in [0.15, 0.2) is 18.1 Å². The third-order valence-electron chi connectivity index (χ3n) is 9.02. The smallest absolute Gasteiger partial charge is 0.258 e. The SMILES string of the molecule is COc1ccc2cc1OCC(=O)N[C@@H]1CN(Cc3cncn3C3CCCCC3)CC[C@H]1Oc1cc(F)cc(c1)CNC(=O)CC2. The Bertz CT molecular complexity index is 1490. The van der Waals surface area contributed by atoms with Gasteiger partial charge < -0.3 is 29.4 Å². The number of rotatable bonds is 4. The Kier molecular flexibility index (Phi) is 9.83. The second-order valence-electron chi connectivity index (χ2n) is 12.3. The highest BCUT2D eigenvalue weighted by molar-refractivity contribution is 5.78. The average Bonchev–Trinajstić information content (AvgIpc) is 3.51. The second kappa shape index (κ2) is 14.3. The van der Waals surface area contributed by atoms with Crippen LogP contribution < -0.4 is 24.8 Å². The van der Waals surface area contributed by atoms with E-state index in [4.69, 9.17) is 14.2 Å². The van der Waals surface area contributed by atoms with Crippen LogP contribution in [0.2, 0.25) is 0 Å². The van der Waals surface area contributed by atoms with Crippen LogP contribution in [0.15, 0.2) is 48.9 Å². The van der Waals surface area contributed by atoms with Gasteiger partial charge in [0.25, 0.3) is 5.91 Å². The van der Waals surface area contributed by atoms with E-state index in [-0.39, 0.29) is 37.4 Å². The molecule has 240 valence electrons. The first kappa shape index (κ1) is 30.9. The van der Waals surface area contributed by atoms with Crippen LogP contribution in [-0.2, 0) is 29.1 Å². The lowest BCUT2D eigenvalue weighted by Crippen LogP contribution is -2.57. The maximum absolute atomic E-state index is 14.7. The molecule has 11 heteroatoms. The topological polar surface area (TPSA) is 107 Å². The molecule has 0 spiro atoms. The van der Waals surface area contributed by atoms with Crippen molar-refractivity contribution in [1.29, 1.82) is 0 Å². The van der Waals surface area contributed by atoms with Gasteiger partial charge in [0.1, 0.15) is 17.7 Å². The summed E-state index contributed by atoms with van der Waals surface area (Å²) in [5, 5.41) is 6.02. The number of aryl methyl sites for hydroxylation is 1. The summed E-state index contributed by atoms with van der Waals surface area (Å²) in [6.45, 7) is 1.95. The van der Waals surface area contributed by atoms with Gasteiger partial charge in [-0.1, -0.05) is 25.3 Å². The highest BCUT2D eigenvalue weighted by Crippen LogP contribution is 2.31. The van der Waals surface area contributed by atoms with Crippen molar-refractivity contribution in [3.63, 3.8) is 0 Å². The number of aromatic nitrogens is 2. The summed E-state index contributed by atoms with van der Waals surface area (Å²) in [6, 6.07) is 10.0. The van der Waals surface area contributed by atoms with E-state index in [9.17, 15) is 14.0 Å². The van der Waals surface area contributed by atoms with Gasteiger partial charge in [0.2, 0.25) is 5.91 Å². The van der Waals surface area contributed by atoms with Gasteiger partial charge in [-0.05, 0) is 61.1 Å². The molecule has 2 fully saturated rings. The molecule has 0 radical (unpaired) electrons. The molecule has 2 amide bonds. The van der Waals surface area contributed by atoms with E-state index in [1.165, 1.54) is 49.9 Å². The van der Waals surface area contributed by atoms with Gasteiger partial charge in [0, 0.05) is 50.9 Å². The van der Waals surface area contributed by atoms with E-state index in [0.717, 1.165) is 12.1 Å². The van der Waals surface area contributed by atoms with E-state index >= 15 is 0 Å². The van der Waals surface area contributed by atoms with Crippen molar-refractivity contribution in [2.75, 3.05) is 26.8 Å². The van der Waals surface area contributed by atoms with Crippen LogP contribution in [-0.4, -0.2) is 65.2 Å². The van der Waals surface area contributed by atoms with Crippen LogP contribution in [0, 0.1) is 5.82 Å². The first-order valence-electron chi connectivity index (χ1n) is 16.0. The number of hydrogen-bond acceptors (Lipinski definition) is 7. The zero-order valence-electron chi connectivity index (χ0n) is 25.8. The van der Waals surface area contributed by atoms with Crippen LogP contribution >= 0.6 is 0 Å². The molecule has 10 nitrogen and oxygen atoms in total. The molecule has 3 aromatic rings. The number of piperidine rings is 1. The lowest BCUT2D eigenvalue weighted by atomic mass is 9.95. The van der Waals surface area contributed by atoms with E-state index in [0.29, 0.717) is 54.8 Å². The van der Waals surface area contributed by atoms with Crippen molar-refractivity contribution in [3.05, 3.63) is 71.6 Å². The number of nitrogens with zero attached hydrogens (tertiary/aromatic N) is 3. The van der Waals surface area contributed by atoms with E-state index < -0.39 is 11.9 Å². The molecule has 3 heterocycles. The number of carbonyl (C=O) groups excluding carboxylic acids is 2. The Morgan fingerprint density at radius 2 is 1.89 bits per heavy atom. The largest absolute Gasteiger partial charge is 0.493 e. The minimum atomic E-state index is -0.445. The molecule has 0 unspecified atom stereocenters. The van der Waals surface area contributed by atoms with Crippen molar-refractivity contribution in [1.82, 2.24) is 25.1 Å². The summed E-state index contributed by atoms with van der Waals surface area (Å²) in [5.74, 6) is 0.411. The molecule has 45 heavy (non-hydrogen) atoms. The predicted molar refractivity (Wildman–Crippen MR) is 166 cm³/mol. The number of amides is 2. The molecule has 1 saturated carbocycles. The number of imidazole rings is 1. The summed E-state index contributed by atoms with van der Waals surface area (Å²) >= 11 is 0. The lowest BCUT2D eigenvalue weighted by Gasteiger charge is -2.39. The number of benzene rings is 2. The standard InChI is InChI=1S/C34H42FN5O5/c1-43-31-9-7-23-8-10-33(41)37-17-24-13-25(35)16-28(14-24)45-30-11-12-39(20-29(30)38-34(42)21-44-32(31)15-23)19-27-18-36-22-40(27)26-5-3-2-4-6-26/h7,9,13-16,18,22,26,29-30H,2-6,8,10-12,17,19-21H2,1H3,(H,37,41)(H,38,42)/t29-,30-/m1/s1. The molecule has 6 rings (SSSR count). The van der Waals surface area contributed by atoms with Crippen LogP contribution in [0.1, 0.15) is 67.8 Å². The molecule has 3 aliphatic rings. The fourth-order valence-corrected chi connectivity index (χ4v) is 6.69. The van der Waals surface area contributed by atoms with Crippen LogP contribution in [0.5, 0.6) is 17.2 Å². The van der Waals surface area contributed by atoms with Gasteiger partial charge in [-0.2, -0.15) is 0 Å². The van der Waals surface area contributed by atoms with Gasteiger partial charge in [-0.15, -0.1) is 0 Å². The number of hydrogen-bond donors (Lipinski definition) is 2. The molecule has 4 bridgehead atoms. The molecule has 1 saturated heterocycles. The number of carbonyl (C=O) groups is 2. The van der Waals surface area contributed by atoms with E-state index in [2.05, 4.69) is 25.1 Å². The molecular formula is C34H42FN5O5. The molecule has 2 aromatic carbocycles. The van der Waals surface area contributed by atoms with Gasteiger partial charge >= 0.3 is 0 Å². The zero-order valence-corrected chi connectivity index (χ0v) is 25.8. The lowest BCUT2D eigenvalue weighted by molar-refractivity contribution is -0.125. The maximum Gasteiger partial charge on any atom is 0.258 e. The minimum absolute atomic E-state index is 0.155.